The van der Waals surface area contributed by atoms with Crippen LogP contribution in [-0.2, 0) is 0 Å². The summed E-state index contributed by atoms with van der Waals surface area (Å²) in [7, 11) is 3.24. The minimum absolute atomic E-state index is 0.222. The highest BCUT2D eigenvalue weighted by molar-refractivity contribution is 6.31. The minimum Gasteiger partial charge on any atom is -0.387 e. The Morgan fingerprint density at radius 3 is 2.60 bits per heavy atom. The molecule has 0 saturated carbocycles. The van der Waals surface area contributed by atoms with Crippen molar-refractivity contribution in [1.82, 2.24) is 0 Å². The zero-order chi connectivity index (χ0) is 14.7. The second-order valence-electron chi connectivity index (χ2n) is 4.26. The van der Waals surface area contributed by atoms with Crippen LogP contribution < -0.4 is 10.2 Å². The largest absolute Gasteiger partial charge is 0.387 e. The third-order valence-corrected chi connectivity index (χ3v) is 3.23. The molecule has 0 saturated heterocycles. The van der Waals surface area contributed by atoms with Crippen LogP contribution in [0.5, 0.6) is 0 Å². The van der Waals surface area contributed by atoms with Gasteiger partial charge in [0.25, 0.3) is 5.91 Å². The lowest BCUT2D eigenvalue weighted by atomic mass is 10.1. The monoisotopic (exact) mass is 292 g/mol. The van der Waals surface area contributed by atoms with E-state index in [1.807, 2.05) is 0 Å². The van der Waals surface area contributed by atoms with Gasteiger partial charge in [-0.1, -0.05) is 23.7 Å². The molecule has 2 rings (SSSR count). The van der Waals surface area contributed by atoms with E-state index in [0.717, 1.165) is 0 Å². The average Bonchev–Trinajstić information content (AvgIpc) is 2.46. The second-order valence-corrected chi connectivity index (χ2v) is 4.69. The van der Waals surface area contributed by atoms with Crippen molar-refractivity contribution in [3.8, 4) is 0 Å². The van der Waals surface area contributed by atoms with Gasteiger partial charge >= 0.3 is 0 Å². The Balaban J connectivity index is 2.41. The van der Waals surface area contributed by atoms with Crippen LogP contribution >= 0.6 is 11.6 Å². The Morgan fingerprint density at radius 2 is 1.95 bits per heavy atom. The van der Waals surface area contributed by atoms with Crippen LogP contribution in [0.15, 0.2) is 42.5 Å². The van der Waals surface area contributed by atoms with E-state index in [4.69, 9.17) is 11.6 Å². The molecule has 0 radical (unpaired) electrons. The maximum atomic E-state index is 13.7. The lowest BCUT2D eigenvalue weighted by molar-refractivity contribution is 0.0993. The standard InChI is InChI=1S/C15H14ClFN2O/c1-18-13-8-7-10(16)9-11(13)15(20)19(2)14-6-4-3-5-12(14)17/h3-9,18H,1-2H3. The van der Waals surface area contributed by atoms with Gasteiger partial charge in [0.2, 0.25) is 0 Å². The van der Waals surface area contributed by atoms with Gasteiger partial charge < -0.3 is 10.2 Å². The van der Waals surface area contributed by atoms with Gasteiger partial charge in [0.05, 0.1) is 11.3 Å². The quantitative estimate of drug-likeness (QED) is 0.933. The number of amides is 1. The number of halogens is 2. The predicted octanol–water partition coefficient (Wildman–Crippen LogP) is 3.80. The summed E-state index contributed by atoms with van der Waals surface area (Å²) < 4.78 is 13.7. The molecule has 0 spiro atoms. The van der Waals surface area contributed by atoms with E-state index in [1.54, 1.807) is 43.4 Å². The molecule has 5 heteroatoms. The molecule has 2 aromatic rings. The number of nitrogens with one attached hydrogen (secondary N) is 1. The van der Waals surface area contributed by atoms with E-state index in [-0.39, 0.29) is 11.6 Å². The number of rotatable bonds is 3. The summed E-state index contributed by atoms with van der Waals surface area (Å²) in [5, 5.41) is 3.38. The van der Waals surface area contributed by atoms with Gasteiger partial charge in [-0.2, -0.15) is 0 Å². The maximum Gasteiger partial charge on any atom is 0.260 e. The van der Waals surface area contributed by atoms with E-state index >= 15 is 0 Å². The van der Waals surface area contributed by atoms with Crippen molar-refractivity contribution in [2.24, 2.45) is 0 Å². The molecule has 1 N–H and O–H groups in total. The van der Waals surface area contributed by atoms with Crippen LogP contribution in [0.4, 0.5) is 15.8 Å². The Labute approximate surface area is 122 Å². The zero-order valence-corrected chi connectivity index (χ0v) is 11.9. The summed E-state index contributed by atoms with van der Waals surface area (Å²) in [6.45, 7) is 0. The van der Waals surface area contributed by atoms with Gasteiger partial charge in [-0.3, -0.25) is 4.79 Å². The third kappa shape index (κ3) is 2.75. The molecule has 0 aliphatic heterocycles. The van der Waals surface area contributed by atoms with Gasteiger partial charge in [0, 0.05) is 24.8 Å². The number of para-hydroxylation sites is 1. The summed E-state index contributed by atoms with van der Waals surface area (Å²) in [5.74, 6) is -0.779. The summed E-state index contributed by atoms with van der Waals surface area (Å²) in [4.78, 5) is 13.8. The number of hydrogen-bond acceptors (Lipinski definition) is 2. The van der Waals surface area contributed by atoms with Gasteiger partial charge in [-0.15, -0.1) is 0 Å². The first-order chi connectivity index (χ1) is 9.54. The van der Waals surface area contributed by atoms with Crippen LogP contribution in [0.1, 0.15) is 10.4 Å². The highest BCUT2D eigenvalue weighted by atomic mass is 35.5. The third-order valence-electron chi connectivity index (χ3n) is 3.00. The molecule has 0 fully saturated rings. The molecule has 0 atom stereocenters. The lowest BCUT2D eigenvalue weighted by Gasteiger charge is -2.19. The number of anilines is 2. The normalized spacial score (nSPS) is 10.2. The second kappa shape index (κ2) is 5.92. The Hall–Kier alpha value is -2.07. The van der Waals surface area contributed by atoms with Crippen molar-refractivity contribution < 1.29 is 9.18 Å². The van der Waals surface area contributed by atoms with E-state index in [2.05, 4.69) is 5.32 Å². The van der Waals surface area contributed by atoms with Crippen molar-refractivity contribution >= 4 is 28.9 Å². The van der Waals surface area contributed by atoms with Crippen LogP contribution in [0.25, 0.3) is 0 Å². The molecule has 3 nitrogen and oxygen atoms in total. The van der Waals surface area contributed by atoms with Gasteiger partial charge in [0.15, 0.2) is 0 Å². The fraction of sp³-hybridized carbons (Fsp3) is 0.133. The average molecular weight is 293 g/mol. The van der Waals surface area contributed by atoms with Crippen molar-refractivity contribution in [2.45, 2.75) is 0 Å². The van der Waals surface area contributed by atoms with Crippen molar-refractivity contribution in [2.75, 3.05) is 24.3 Å². The molecule has 0 bridgehead atoms. The van der Waals surface area contributed by atoms with Crippen LogP contribution in [-0.4, -0.2) is 20.0 Å². The summed E-state index contributed by atoms with van der Waals surface area (Å²) in [5.41, 5.74) is 1.26. The molecule has 20 heavy (non-hydrogen) atoms. The number of carbonyl (C=O) groups is 1. The molecule has 0 aromatic heterocycles. The fourth-order valence-electron chi connectivity index (χ4n) is 1.93. The first-order valence-corrected chi connectivity index (χ1v) is 6.42. The van der Waals surface area contributed by atoms with Crippen LogP contribution in [0, 0.1) is 5.82 Å². The van der Waals surface area contributed by atoms with Crippen molar-refractivity contribution in [3.63, 3.8) is 0 Å². The molecular weight excluding hydrogens is 279 g/mol. The van der Waals surface area contributed by atoms with Crippen LogP contribution in [0.3, 0.4) is 0 Å². The molecule has 0 heterocycles. The first kappa shape index (κ1) is 14.3. The van der Waals surface area contributed by atoms with E-state index in [1.165, 1.54) is 18.0 Å². The SMILES string of the molecule is CNc1ccc(Cl)cc1C(=O)N(C)c1ccccc1F. The Bertz CT molecular complexity index is 646. The van der Waals surface area contributed by atoms with Gasteiger partial charge in [-0.25, -0.2) is 4.39 Å². The Kier molecular flexibility index (Phi) is 4.25. The first-order valence-electron chi connectivity index (χ1n) is 6.04. The van der Waals surface area contributed by atoms with E-state index in [0.29, 0.717) is 16.3 Å². The van der Waals surface area contributed by atoms with E-state index in [9.17, 15) is 9.18 Å². The molecular formula is C15H14ClFN2O. The number of carbonyl (C=O) groups excluding carboxylic acids is 1. The molecule has 1 amide bonds. The zero-order valence-electron chi connectivity index (χ0n) is 11.2. The summed E-state index contributed by atoms with van der Waals surface area (Å²) in [6.07, 6.45) is 0. The van der Waals surface area contributed by atoms with Crippen molar-refractivity contribution in [3.05, 3.63) is 58.9 Å². The maximum absolute atomic E-state index is 13.7. The van der Waals surface area contributed by atoms with E-state index < -0.39 is 5.82 Å². The number of benzene rings is 2. The minimum atomic E-state index is -0.448. The fourth-order valence-corrected chi connectivity index (χ4v) is 2.10. The lowest BCUT2D eigenvalue weighted by Crippen LogP contribution is -2.27. The molecule has 0 aliphatic rings. The summed E-state index contributed by atoms with van der Waals surface area (Å²) >= 11 is 5.93. The topological polar surface area (TPSA) is 32.3 Å². The van der Waals surface area contributed by atoms with Gasteiger partial charge in [-0.05, 0) is 30.3 Å². The number of nitrogens with zero attached hydrogens (tertiary/aromatic N) is 1. The molecule has 0 aliphatic carbocycles. The number of hydrogen-bond donors (Lipinski definition) is 1. The molecule has 0 unspecified atom stereocenters. The highest BCUT2D eigenvalue weighted by Gasteiger charge is 2.19. The Morgan fingerprint density at radius 1 is 1.25 bits per heavy atom. The molecule has 104 valence electrons. The molecule has 2 aromatic carbocycles. The predicted molar refractivity (Wildman–Crippen MR) is 80.1 cm³/mol. The van der Waals surface area contributed by atoms with Crippen LogP contribution in [0.2, 0.25) is 5.02 Å². The van der Waals surface area contributed by atoms with Gasteiger partial charge in [0.1, 0.15) is 5.82 Å². The van der Waals surface area contributed by atoms with Crippen molar-refractivity contribution in [1.29, 1.82) is 0 Å². The summed E-state index contributed by atoms with van der Waals surface area (Å²) in [6, 6.07) is 11.1. The smallest absolute Gasteiger partial charge is 0.260 e. The highest BCUT2D eigenvalue weighted by Crippen LogP contribution is 2.25.